The van der Waals surface area contributed by atoms with Crippen molar-refractivity contribution < 1.29 is 33.3 Å². The molecule has 4 rings (SSSR count). The lowest BCUT2D eigenvalue weighted by Gasteiger charge is -2.25. The molecule has 1 heterocycles. The number of nitrogens with zero attached hydrogens (tertiary/aromatic N) is 1. The summed E-state index contributed by atoms with van der Waals surface area (Å²) in [6.07, 6.45) is 0. The molecule has 8 heteroatoms. The van der Waals surface area contributed by atoms with Crippen molar-refractivity contribution in [2.45, 2.75) is 12.6 Å². The summed E-state index contributed by atoms with van der Waals surface area (Å²) in [6.45, 7) is 0.633. The van der Waals surface area contributed by atoms with Crippen LogP contribution in [0, 0.1) is 5.82 Å². The van der Waals surface area contributed by atoms with Crippen molar-refractivity contribution in [3.8, 4) is 11.5 Å². The van der Waals surface area contributed by atoms with Crippen molar-refractivity contribution in [3.05, 3.63) is 101 Å². The van der Waals surface area contributed by atoms with Crippen molar-refractivity contribution in [2.75, 3.05) is 27.4 Å². The molecule has 1 N–H and O–H groups in total. The van der Waals surface area contributed by atoms with Crippen molar-refractivity contribution in [2.24, 2.45) is 0 Å². The van der Waals surface area contributed by atoms with Gasteiger partial charge in [-0.2, -0.15) is 0 Å². The Hall–Kier alpha value is -4.17. The minimum Gasteiger partial charge on any atom is -0.507 e. The smallest absolute Gasteiger partial charge is 0.295 e. The first kappa shape index (κ1) is 24.9. The first-order valence-electron chi connectivity index (χ1n) is 11.3. The molecule has 1 amide bonds. The molecule has 1 aliphatic heterocycles. The highest BCUT2D eigenvalue weighted by Gasteiger charge is 2.46. The minimum atomic E-state index is -0.823. The molecule has 3 aromatic carbocycles. The molecule has 186 valence electrons. The van der Waals surface area contributed by atoms with Gasteiger partial charge in [0.2, 0.25) is 0 Å². The number of likely N-dealkylation sites (tertiary alicyclic amines) is 1. The molecule has 3 aromatic rings. The first-order chi connectivity index (χ1) is 17.4. The molecule has 0 spiro atoms. The predicted molar refractivity (Wildman–Crippen MR) is 131 cm³/mol. The molecule has 1 atom stereocenters. The summed E-state index contributed by atoms with van der Waals surface area (Å²) in [5.41, 5.74) is 1.72. The number of aliphatic hydroxyl groups is 1. The van der Waals surface area contributed by atoms with Gasteiger partial charge in [0.1, 0.15) is 29.7 Å². The molecular weight excluding hydrogens is 465 g/mol. The van der Waals surface area contributed by atoms with Gasteiger partial charge < -0.3 is 24.2 Å². The zero-order valence-corrected chi connectivity index (χ0v) is 19.9. The molecule has 1 fully saturated rings. The van der Waals surface area contributed by atoms with Crippen LogP contribution in [0.25, 0.3) is 5.76 Å². The van der Waals surface area contributed by atoms with Crippen molar-refractivity contribution in [3.63, 3.8) is 0 Å². The number of para-hydroxylation sites is 1. The van der Waals surface area contributed by atoms with Crippen LogP contribution in [0.5, 0.6) is 11.5 Å². The maximum absolute atomic E-state index is 13.1. The van der Waals surface area contributed by atoms with Gasteiger partial charge in [-0.3, -0.25) is 9.59 Å². The topological polar surface area (TPSA) is 85.3 Å². The Morgan fingerprint density at radius 3 is 2.33 bits per heavy atom. The second-order valence-electron chi connectivity index (χ2n) is 8.17. The third kappa shape index (κ3) is 5.08. The normalized spacial score (nSPS) is 16.9. The average Bonchev–Trinajstić information content (AvgIpc) is 3.16. The Morgan fingerprint density at radius 2 is 1.67 bits per heavy atom. The number of carbonyl (C=O) groups excluding carboxylic acids is 2. The summed E-state index contributed by atoms with van der Waals surface area (Å²) >= 11 is 0. The molecule has 1 saturated heterocycles. The predicted octanol–water partition coefficient (Wildman–Crippen LogP) is 4.48. The van der Waals surface area contributed by atoms with Crippen molar-refractivity contribution in [1.29, 1.82) is 0 Å². The quantitative estimate of drug-likeness (QED) is 0.270. The maximum atomic E-state index is 13.1. The van der Waals surface area contributed by atoms with Gasteiger partial charge >= 0.3 is 0 Å². The van der Waals surface area contributed by atoms with Gasteiger partial charge in [-0.25, -0.2) is 4.39 Å². The van der Waals surface area contributed by atoms with E-state index in [-0.39, 0.29) is 36.9 Å². The molecule has 0 aromatic heterocycles. The highest BCUT2D eigenvalue weighted by Crippen LogP contribution is 2.41. The second-order valence-corrected chi connectivity index (χ2v) is 8.17. The molecule has 36 heavy (non-hydrogen) atoms. The van der Waals surface area contributed by atoms with Crippen molar-refractivity contribution >= 4 is 17.4 Å². The Kier molecular flexibility index (Phi) is 7.65. The Balaban J connectivity index is 1.68. The number of benzene rings is 3. The lowest BCUT2D eigenvalue weighted by Crippen LogP contribution is -2.32. The molecule has 0 radical (unpaired) electrons. The lowest BCUT2D eigenvalue weighted by atomic mass is 9.95. The van der Waals surface area contributed by atoms with E-state index in [4.69, 9.17) is 14.2 Å². The fraction of sp³-hybridized carbons (Fsp3) is 0.214. The van der Waals surface area contributed by atoms with E-state index < -0.39 is 17.7 Å². The second kappa shape index (κ2) is 11.0. The summed E-state index contributed by atoms with van der Waals surface area (Å²) in [6, 6.07) is 18.9. The number of ketones is 1. The van der Waals surface area contributed by atoms with Crippen LogP contribution in [-0.4, -0.2) is 49.1 Å². The highest BCUT2D eigenvalue weighted by atomic mass is 19.1. The van der Waals surface area contributed by atoms with Gasteiger partial charge in [0.15, 0.2) is 0 Å². The van der Waals surface area contributed by atoms with Crippen LogP contribution >= 0.6 is 0 Å². The lowest BCUT2D eigenvalue weighted by molar-refractivity contribution is -0.140. The van der Waals surface area contributed by atoms with E-state index in [9.17, 15) is 19.1 Å². The van der Waals surface area contributed by atoms with Gasteiger partial charge in [-0.05, 0) is 47.5 Å². The summed E-state index contributed by atoms with van der Waals surface area (Å²) in [5, 5.41) is 11.2. The number of methoxy groups -OCH3 is 2. The molecule has 0 saturated carbocycles. The Morgan fingerprint density at radius 1 is 0.972 bits per heavy atom. The van der Waals surface area contributed by atoms with Crippen LogP contribution in [0.3, 0.4) is 0 Å². The van der Waals surface area contributed by atoms with Crippen molar-refractivity contribution in [1.82, 2.24) is 4.90 Å². The van der Waals surface area contributed by atoms with Gasteiger partial charge in [0, 0.05) is 13.7 Å². The summed E-state index contributed by atoms with van der Waals surface area (Å²) in [4.78, 5) is 27.4. The molecule has 0 aliphatic carbocycles. The van der Waals surface area contributed by atoms with E-state index in [1.807, 2.05) is 0 Å². The number of halogens is 1. The number of hydrogen-bond donors (Lipinski definition) is 1. The number of amides is 1. The monoisotopic (exact) mass is 491 g/mol. The zero-order chi connectivity index (χ0) is 25.7. The number of aliphatic hydroxyl groups excluding tert-OH is 1. The van der Waals surface area contributed by atoms with Crippen LogP contribution < -0.4 is 9.47 Å². The zero-order valence-electron chi connectivity index (χ0n) is 19.9. The number of Topliss-reactive ketones (excluding diaryl/α,β-unsaturated/α-hetero) is 1. The SMILES string of the molecule is COCCN1C(=O)C(=O)/C(=C(\O)c2ccccc2OC)C1c1ccc(OCc2ccc(F)cc2)cc1. The number of hydrogen-bond acceptors (Lipinski definition) is 6. The van der Waals surface area contributed by atoms with Crippen LogP contribution in [0.2, 0.25) is 0 Å². The summed E-state index contributed by atoms with van der Waals surface area (Å²) in [7, 11) is 2.97. The number of carbonyl (C=O) groups is 2. The van der Waals surface area contributed by atoms with E-state index >= 15 is 0 Å². The minimum absolute atomic E-state index is 0.0272. The van der Waals surface area contributed by atoms with E-state index in [0.717, 1.165) is 5.56 Å². The standard InChI is InChI=1S/C28H26FNO6/c1-34-16-15-30-25(19-9-13-21(14-10-19)36-17-18-7-11-20(29)12-8-18)24(27(32)28(30)33)26(31)22-5-3-4-6-23(22)35-2/h3-14,25,31H,15-17H2,1-2H3/b26-24-. The van der Waals surface area contributed by atoms with Gasteiger partial charge in [0.25, 0.3) is 11.7 Å². The van der Waals surface area contributed by atoms with Crippen LogP contribution in [0.15, 0.2) is 78.4 Å². The fourth-order valence-electron chi connectivity index (χ4n) is 4.13. The summed E-state index contributed by atoms with van der Waals surface area (Å²) in [5.74, 6) is -1.20. The van der Waals surface area contributed by atoms with Crippen LogP contribution in [0.4, 0.5) is 4.39 Å². The fourth-order valence-corrected chi connectivity index (χ4v) is 4.13. The maximum Gasteiger partial charge on any atom is 0.295 e. The third-order valence-corrected chi connectivity index (χ3v) is 5.95. The molecule has 0 bridgehead atoms. The van der Waals surface area contributed by atoms with E-state index in [0.29, 0.717) is 22.6 Å². The van der Waals surface area contributed by atoms with E-state index in [1.54, 1.807) is 60.7 Å². The third-order valence-electron chi connectivity index (χ3n) is 5.95. The van der Waals surface area contributed by atoms with Gasteiger partial charge in [-0.15, -0.1) is 0 Å². The number of ether oxygens (including phenoxy) is 3. The van der Waals surface area contributed by atoms with E-state index in [1.165, 1.54) is 31.3 Å². The van der Waals surface area contributed by atoms with E-state index in [2.05, 4.69) is 0 Å². The molecule has 1 aliphatic rings. The average molecular weight is 492 g/mol. The Bertz CT molecular complexity index is 1270. The van der Waals surface area contributed by atoms with Crippen LogP contribution in [0.1, 0.15) is 22.7 Å². The largest absolute Gasteiger partial charge is 0.507 e. The Labute approximate surface area is 208 Å². The van der Waals surface area contributed by atoms with Gasteiger partial charge in [0.05, 0.1) is 30.9 Å². The molecular formula is C28H26FNO6. The molecule has 1 unspecified atom stereocenters. The number of rotatable bonds is 9. The highest BCUT2D eigenvalue weighted by molar-refractivity contribution is 6.46. The van der Waals surface area contributed by atoms with Crippen LogP contribution in [-0.2, 0) is 20.9 Å². The molecule has 7 nitrogen and oxygen atoms in total. The summed E-state index contributed by atoms with van der Waals surface area (Å²) < 4.78 is 29.4. The first-order valence-corrected chi connectivity index (χ1v) is 11.3. The van der Waals surface area contributed by atoms with Gasteiger partial charge in [-0.1, -0.05) is 36.4 Å².